The Morgan fingerprint density at radius 3 is 2.65 bits per heavy atom. The summed E-state index contributed by atoms with van der Waals surface area (Å²) >= 11 is 5.11. The number of aromatic nitrogens is 1. The van der Waals surface area contributed by atoms with Gasteiger partial charge in [0.25, 0.3) is 5.91 Å². The summed E-state index contributed by atoms with van der Waals surface area (Å²) in [6, 6.07) is 13.7. The van der Waals surface area contributed by atoms with Crippen LogP contribution in [0.3, 0.4) is 0 Å². The highest BCUT2D eigenvalue weighted by molar-refractivity contribution is 7.71. The molecule has 4 heteroatoms. The van der Waals surface area contributed by atoms with Gasteiger partial charge in [-0.3, -0.25) is 4.79 Å². The first-order valence-electron chi connectivity index (χ1n) is 6.73. The third kappa shape index (κ3) is 3.54. The number of hydrogen-bond acceptors (Lipinski definition) is 2. The zero-order valence-corrected chi connectivity index (χ0v) is 12.2. The van der Waals surface area contributed by atoms with Crippen molar-refractivity contribution in [1.82, 2.24) is 10.3 Å². The molecule has 0 aliphatic rings. The molecule has 0 unspecified atom stereocenters. The van der Waals surface area contributed by atoms with Crippen LogP contribution in [-0.2, 0) is 0 Å². The Hall–Kier alpha value is -1.94. The number of carbonyl (C=O) groups is 1. The van der Waals surface area contributed by atoms with Crippen molar-refractivity contribution in [2.75, 3.05) is 6.54 Å². The average molecular weight is 286 g/mol. The lowest BCUT2D eigenvalue weighted by Crippen LogP contribution is -2.28. The fraction of sp³-hybridized carbons (Fsp3) is 0.250. The summed E-state index contributed by atoms with van der Waals surface area (Å²) in [7, 11) is 0. The first-order chi connectivity index (χ1) is 9.72. The van der Waals surface area contributed by atoms with Gasteiger partial charge in [-0.15, -0.1) is 0 Å². The first-order valence-corrected chi connectivity index (χ1v) is 7.14. The second-order valence-corrected chi connectivity index (χ2v) is 5.05. The van der Waals surface area contributed by atoms with Crippen LogP contribution in [0.15, 0.2) is 48.7 Å². The van der Waals surface area contributed by atoms with Gasteiger partial charge in [0, 0.05) is 18.7 Å². The summed E-state index contributed by atoms with van der Waals surface area (Å²) < 4.78 is 0.470. The van der Waals surface area contributed by atoms with E-state index in [2.05, 4.69) is 29.4 Å². The van der Waals surface area contributed by atoms with E-state index >= 15 is 0 Å². The number of aromatic amines is 1. The van der Waals surface area contributed by atoms with Crippen molar-refractivity contribution in [1.29, 1.82) is 0 Å². The van der Waals surface area contributed by atoms with Gasteiger partial charge in [-0.1, -0.05) is 49.5 Å². The molecule has 1 heterocycles. The minimum Gasteiger partial charge on any atom is -0.352 e. The van der Waals surface area contributed by atoms with Crippen LogP contribution in [-0.4, -0.2) is 17.4 Å². The Balaban J connectivity index is 2.03. The lowest BCUT2D eigenvalue weighted by Gasteiger charge is -2.16. The molecule has 3 nitrogen and oxygen atoms in total. The van der Waals surface area contributed by atoms with E-state index in [0.29, 0.717) is 22.7 Å². The monoisotopic (exact) mass is 286 g/mol. The van der Waals surface area contributed by atoms with E-state index in [-0.39, 0.29) is 5.91 Å². The van der Waals surface area contributed by atoms with Crippen LogP contribution in [0.5, 0.6) is 0 Å². The minimum absolute atomic E-state index is 0.124. The zero-order chi connectivity index (χ0) is 14.4. The molecular formula is C16H18N2OS. The van der Waals surface area contributed by atoms with Crippen molar-refractivity contribution in [2.24, 2.45) is 0 Å². The smallest absolute Gasteiger partial charge is 0.254 e. The molecule has 0 saturated carbocycles. The van der Waals surface area contributed by atoms with E-state index in [1.807, 2.05) is 18.2 Å². The number of benzene rings is 1. The van der Waals surface area contributed by atoms with Crippen molar-refractivity contribution in [3.05, 3.63) is 64.4 Å². The lowest BCUT2D eigenvalue weighted by atomic mass is 9.96. The van der Waals surface area contributed by atoms with E-state index < -0.39 is 0 Å². The second kappa shape index (κ2) is 7.01. The third-order valence-corrected chi connectivity index (χ3v) is 3.67. The van der Waals surface area contributed by atoms with Gasteiger partial charge in [0.1, 0.15) is 4.64 Å². The van der Waals surface area contributed by atoms with Crippen molar-refractivity contribution in [3.63, 3.8) is 0 Å². The molecule has 2 aromatic rings. The van der Waals surface area contributed by atoms with E-state index in [1.54, 1.807) is 18.3 Å². The van der Waals surface area contributed by atoms with Gasteiger partial charge >= 0.3 is 0 Å². The van der Waals surface area contributed by atoms with E-state index in [0.717, 1.165) is 6.42 Å². The van der Waals surface area contributed by atoms with Gasteiger partial charge in [0.05, 0.1) is 5.56 Å². The van der Waals surface area contributed by atoms with Gasteiger partial charge in [-0.25, -0.2) is 0 Å². The van der Waals surface area contributed by atoms with Crippen LogP contribution in [0, 0.1) is 4.64 Å². The largest absolute Gasteiger partial charge is 0.352 e. The summed E-state index contributed by atoms with van der Waals surface area (Å²) in [6.45, 7) is 2.74. The summed E-state index contributed by atoms with van der Waals surface area (Å²) in [6.07, 6.45) is 2.70. The molecule has 1 aromatic heterocycles. The molecule has 104 valence electrons. The molecule has 0 bridgehead atoms. The fourth-order valence-corrected chi connectivity index (χ4v) is 2.36. The van der Waals surface area contributed by atoms with Crippen LogP contribution in [0.25, 0.3) is 0 Å². The number of amides is 1. The molecule has 1 atom stereocenters. The minimum atomic E-state index is -0.124. The average Bonchev–Trinajstić information content (AvgIpc) is 2.49. The van der Waals surface area contributed by atoms with Gasteiger partial charge in [-0.2, -0.15) is 0 Å². The Labute approximate surface area is 124 Å². The molecule has 0 fully saturated rings. The maximum absolute atomic E-state index is 12.1. The normalized spacial score (nSPS) is 11.8. The molecule has 1 aromatic carbocycles. The molecule has 0 spiro atoms. The van der Waals surface area contributed by atoms with Gasteiger partial charge in [0.2, 0.25) is 0 Å². The van der Waals surface area contributed by atoms with E-state index in [9.17, 15) is 4.79 Å². The number of H-pyrrole nitrogens is 1. The van der Waals surface area contributed by atoms with Crippen LogP contribution in [0.2, 0.25) is 0 Å². The molecule has 2 rings (SSSR count). The summed E-state index contributed by atoms with van der Waals surface area (Å²) in [4.78, 5) is 15.0. The third-order valence-electron chi connectivity index (χ3n) is 3.34. The van der Waals surface area contributed by atoms with E-state index in [4.69, 9.17) is 12.2 Å². The van der Waals surface area contributed by atoms with Gasteiger partial charge in [0.15, 0.2) is 0 Å². The SMILES string of the molecule is CC[C@@H](CNC(=O)c1ccc[nH]c1=S)c1ccccc1. The lowest BCUT2D eigenvalue weighted by molar-refractivity contribution is 0.0950. The number of hydrogen-bond donors (Lipinski definition) is 2. The van der Waals surface area contributed by atoms with E-state index in [1.165, 1.54) is 5.56 Å². The molecule has 20 heavy (non-hydrogen) atoms. The molecule has 1 amide bonds. The Morgan fingerprint density at radius 2 is 2.00 bits per heavy atom. The van der Waals surface area contributed by atoms with Gasteiger partial charge in [-0.05, 0) is 24.1 Å². The van der Waals surface area contributed by atoms with Crippen molar-refractivity contribution >= 4 is 18.1 Å². The highest BCUT2D eigenvalue weighted by Gasteiger charge is 2.12. The topological polar surface area (TPSA) is 44.9 Å². The molecule has 0 aliphatic heterocycles. The molecule has 0 radical (unpaired) electrons. The molecule has 0 aliphatic carbocycles. The number of nitrogens with one attached hydrogen (secondary N) is 2. The number of rotatable bonds is 5. The zero-order valence-electron chi connectivity index (χ0n) is 11.4. The molecule has 2 N–H and O–H groups in total. The quantitative estimate of drug-likeness (QED) is 0.824. The molecular weight excluding hydrogens is 268 g/mol. The van der Waals surface area contributed by atoms with Crippen LogP contribution < -0.4 is 5.32 Å². The van der Waals surface area contributed by atoms with Crippen LogP contribution in [0.1, 0.15) is 35.2 Å². The second-order valence-electron chi connectivity index (χ2n) is 4.64. The van der Waals surface area contributed by atoms with Crippen LogP contribution >= 0.6 is 12.2 Å². The Bertz CT molecular complexity index is 622. The Kier molecular flexibility index (Phi) is 5.07. The highest BCUT2D eigenvalue weighted by atomic mass is 32.1. The predicted molar refractivity (Wildman–Crippen MR) is 83.4 cm³/mol. The maximum Gasteiger partial charge on any atom is 0.254 e. The Morgan fingerprint density at radius 1 is 1.25 bits per heavy atom. The first kappa shape index (κ1) is 14.5. The molecule has 0 saturated heterocycles. The summed E-state index contributed by atoms with van der Waals surface area (Å²) in [5.41, 5.74) is 1.76. The number of carbonyl (C=O) groups excluding carboxylic acids is 1. The standard InChI is InChI=1S/C16H18N2OS/c1-2-12(13-7-4-3-5-8-13)11-18-15(19)14-9-6-10-17-16(14)20/h3-10,12H,2,11H2,1H3,(H,17,20)(H,18,19)/t12-/m0/s1. The van der Waals surface area contributed by atoms with Gasteiger partial charge < -0.3 is 10.3 Å². The number of pyridine rings is 1. The summed E-state index contributed by atoms with van der Waals surface area (Å²) in [5.74, 6) is 0.197. The van der Waals surface area contributed by atoms with Crippen LogP contribution in [0.4, 0.5) is 0 Å². The van der Waals surface area contributed by atoms with Crippen molar-refractivity contribution < 1.29 is 4.79 Å². The predicted octanol–water partition coefficient (Wildman–Crippen LogP) is 3.67. The maximum atomic E-state index is 12.1. The van der Waals surface area contributed by atoms with Crippen molar-refractivity contribution in [3.8, 4) is 0 Å². The fourth-order valence-electron chi connectivity index (χ4n) is 2.13. The highest BCUT2D eigenvalue weighted by Crippen LogP contribution is 2.18. The summed E-state index contributed by atoms with van der Waals surface area (Å²) in [5, 5.41) is 2.96. The van der Waals surface area contributed by atoms with Crippen molar-refractivity contribution in [2.45, 2.75) is 19.3 Å².